The molecule has 4 N–H and O–H groups in total. The van der Waals surface area contributed by atoms with E-state index >= 15 is 0 Å². The molecular weight excluding hydrogens is 256 g/mol. The summed E-state index contributed by atoms with van der Waals surface area (Å²) >= 11 is 0. The number of benzene rings is 1. The zero-order chi connectivity index (χ0) is 14.6. The lowest BCUT2D eigenvalue weighted by Gasteiger charge is -2.28. The van der Waals surface area contributed by atoms with Crippen molar-refractivity contribution in [2.75, 3.05) is 0 Å². The van der Waals surface area contributed by atoms with Crippen LogP contribution in [0.5, 0.6) is 0 Å². The Morgan fingerprint density at radius 3 is 2.68 bits per heavy atom. The third-order valence-electron chi connectivity index (χ3n) is 2.94. The van der Waals surface area contributed by atoms with E-state index in [9.17, 15) is 13.6 Å². The zero-order valence-corrected chi connectivity index (χ0v) is 10.6. The van der Waals surface area contributed by atoms with Crippen molar-refractivity contribution in [3.05, 3.63) is 35.4 Å². The van der Waals surface area contributed by atoms with Crippen LogP contribution in [0.2, 0.25) is 0 Å². The van der Waals surface area contributed by atoms with Gasteiger partial charge in [-0.3, -0.25) is 4.79 Å². The molecule has 7 heteroatoms. The minimum atomic E-state index is -1.15. The van der Waals surface area contributed by atoms with E-state index in [0.29, 0.717) is 6.42 Å². The monoisotopic (exact) mass is 271 g/mol. The third-order valence-corrected chi connectivity index (χ3v) is 2.94. The van der Waals surface area contributed by atoms with Gasteiger partial charge in [0.1, 0.15) is 11.6 Å². The second-order valence-electron chi connectivity index (χ2n) is 4.25. The molecule has 0 bridgehead atoms. The minimum absolute atomic E-state index is 0.222. The van der Waals surface area contributed by atoms with Crippen LogP contribution in [-0.2, 0) is 0 Å². The van der Waals surface area contributed by atoms with E-state index in [0.717, 1.165) is 18.2 Å². The highest BCUT2D eigenvalue weighted by molar-refractivity contribution is 6.00. The molecule has 0 aliphatic carbocycles. The van der Waals surface area contributed by atoms with Crippen molar-refractivity contribution in [2.45, 2.75) is 25.8 Å². The first kappa shape index (κ1) is 14.9. The number of amidine groups is 1. The van der Waals surface area contributed by atoms with Gasteiger partial charge in [0.2, 0.25) is 0 Å². The molecule has 0 fully saturated rings. The Bertz CT molecular complexity index is 520. The summed E-state index contributed by atoms with van der Waals surface area (Å²) in [6, 6.07) is 2.55. The first-order chi connectivity index (χ1) is 8.84. The van der Waals surface area contributed by atoms with E-state index in [1.165, 1.54) is 6.92 Å². The number of carbonyl (C=O) groups is 1. The number of oxime groups is 1. The van der Waals surface area contributed by atoms with Crippen molar-refractivity contribution in [2.24, 2.45) is 10.9 Å². The summed E-state index contributed by atoms with van der Waals surface area (Å²) in [5.41, 5.74) is 3.89. The van der Waals surface area contributed by atoms with Crippen LogP contribution in [0.25, 0.3) is 0 Å². The van der Waals surface area contributed by atoms with Gasteiger partial charge in [-0.1, -0.05) is 12.1 Å². The molecule has 104 valence electrons. The Labute approximate surface area is 109 Å². The van der Waals surface area contributed by atoms with E-state index in [2.05, 4.69) is 10.5 Å². The standard InChI is InChI=1S/C12H15F2N3O2/c1-3-12(2,11(15)17-19)16-10(18)8-6-7(13)4-5-9(8)14/h4-6,19H,3H2,1-2H3,(H2,15,17)(H,16,18). The van der Waals surface area contributed by atoms with Crippen LogP contribution in [0.4, 0.5) is 8.78 Å². The number of rotatable bonds is 4. The Kier molecular flexibility index (Phi) is 4.42. The van der Waals surface area contributed by atoms with E-state index < -0.39 is 28.6 Å². The van der Waals surface area contributed by atoms with Gasteiger partial charge >= 0.3 is 0 Å². The van der Waals surface area contributed by atoms with Crippen LogP contribution in [0.3, 0.4) is 0 Å². The Morgan fingerprint density at radius 1 is 1.53 bits per heavy atom. The Balaban J connectivity index is 3.05. The van der Waals surface area contributed by atoms with Crippen molar-refractivity contribution >= 4 is 11.7 Å². The van der Waals surface area contributed by atoms with E-state index in [4.69, 9.17) is 10.9 Å². The molecule has 0 aliphatic heterocycles. The highest BCUT2D eigenvalue weighted by atomic mass is 19.1. The first-order valence-electron chi connectivity index (χ1n) is 5.59. The molecule has 0 radical (unpaired) electrons. The van der Waals surface area contributed by atoms with Gasteiger partial charge in [0, 0.05) is 0 Å². The smallest absolute Gasteiger partial charge is 0.255 e. The maximum absolute atomic E-state index is 13.4. The summed E-state index contributed by atoms with van der Waals surface area (Å²) in [7, 11) is 0. The Morgan fingerprint density at radius 2 is 2.16 bits per heavy atom. The minimum Gasteiger partial charge on any atom is -0.409 e. The normalized spacial score (nSPS) is 14.8. The molecule has 1 unspecified atom stereocenters. The molecule has 0 aromatic heterocycles. The van der Waals surface area contributed by atoms with Gasteiger partial charge in [0.15, 0.2) is 5.84 Å². The predicted molar refractivity (Wildman–Crippen MR) is 65.9 cm³/mol. The van der Waals surface area contributed by atoms with Crippen molar-refractivity contribution in [3.8, 4) is 0 Å². The predicted octanol–water partition coefficient (Wildman–Crippen LogP) is 1.61. The molecule has 5 nitrogen and oxygen atoms in total. The van der Waals surface area contributed by atoms with Crippen LogP contribution in [0, 0.1) is 11.6 Å². The molecule has 0 spiro atoms. The van der Waals surface area contributed by atoms with Crippen molar-refractivity contribution in [1.82, 2.24) is 5.32 Å². The number of amides is 1. The number of nitrogens with two attached hydrogens (primary N) is 1. The van der Waals surface area contributed by atoms with Crippen LogP contribution in [0.1, 0.15) is 30.6 Å². The van der Waals surface area contributed by atoms with Gasteiger partial charge in [-0.2, -0.15) is 0 Å². The average Bonchev–Trinajstić information content (AvgIpc) is 2.40. The lowest BCUT2D eigenvalue weighted by Crippen LogP contribution is -2.55. The summed E-state index contributed by atoms with van der Waals surface area (Å²) in [5, 5.41) is 13.9. The molecule has 19 heavy (non-hydrogen) atoms. The lowest BCUT2D eigenvalue weighted by atomic mass is 9.96. The molecule has 1 aromatic rings. The second kappa shape index (κ2) is 5.64. The lowest BCUT2D eigenvalue weighted by molar-refractivity contribution is 0.0920. The van der Waals surface area contributed by atoms with Gasteiger partial charge < -0.3 is 16.3 Å². The second-order valence-corrected chi connectivity index (χ2v) is 4.25. The molecule has 1 aromatic carbocycles. The molecule has 0 heterocycles. The van der Waals surface area contributed by atoms with Crippen LogP contribution in [-0.4, -0.2) is 22.5 Å². The summed E-state index contributed by atoms with van der Waals surface area (Å²) in [6.45, 7) is 3.21. The van der Waals surface area contributed by atoms with Crippen LogP contribution in [0.15, 0.2) is 23.4 Å². The fourth-order valence-corrected chi connectivity index (χ4v) is 1.43. The summed E-state index contributed by atoms with van der Waals surface area (Å²) in [6.07, 6.45) is 0.311. The van der Waals surface area contributed by atoms with Gasteiger partial charge in [0.05, 0.1) is 11.1 Å². The Hall–Kier alpha value is -2.18. The largest absolute Gasteiger partial charge is 0.409 e. The number of nitrogens with one attached hydrogen (secondary N) is 1. The quantitative estimate of drug-likeness (QED) is 0.336. The molecule has 1 rings (SSSR count). The van der Waals surface area contributed by atoms with Gasteiger partial charge in [-0.15, -0.1) is 0 Å². The summed E-state index contributed by atoms with van der Waals surface area (Å²) < 4.78 is 26.5. The van der Waals surface area contributed by atoms with Crippen LogP contribution >= 0.6 is 0 Å². The number of halogens is 2. The van der Waals surface area contributed by atoms with Crippen molar-refractivity contribution in [1.29, 1.82) is 0 Å². The fourth-order valence-electron chi connectivity index (χ4n) is 1.43. The average molecular weight is 271 g/mol. The molecule has 0 saturated carbocycles. The third kappa shape index (κ3) is 3.18. The summed E-state index contributed by atoms with van der Waals surface area (Å²) in [4.78, 5) is 11.9. The maximum Gasteiger partial charge on any atom is 0.255 e. The van der Waals surface area contributed by atoms with Gasteiger partial charge in [0.25, 0.3) is 5.91 Å². The van der Waals surface area contributed by atoms with Crippen molar-refractivity contribution in [3.63, 3.8) is 0 Å². The SMILES string of the molecule is CCC(C)(NC(=O)c1cc(F)ccc1F)/C(N)=N/O. The molecule has 0 aliphatic rings. The highest BCUT2D eigenvalue weighted by Crippen LogP contribution is 2.14. The van der Waals surface area contributed by atoms with E-state index in [1.807, 2.05) is 0 Å². The van der Waals surface area contributed by atoms with E-state index in [1.54, 1.807) is 6.92 Å². The molecular formula is C12H15F2N3O2. The number of nitrogens with zero attached hydrogens (tertiary/aromatic N) is 1. The molecule has 0 saturated heterocycles. The van der Waals surface area contributed by atoms with Gasteiger partial charge in [-0.05, 0) is 31.5 Å². The summed E-state index contributed by atoms with van der Waals surface area (Å²) in [5.74, 6) is -2.64. The topological polar surface area (TPSA) is 87.7 Å². The van der Waals surface area contributed by atoms with E-state index in [-0.39, 0.29) is 5.84 Å². The van der Waals surface area contributed by atoms with Gasteiger partial charge in [-0.25, -0.2) is 8.78 Å². The van der Waals surface area contributed by atoms with Crippen LogP contribution < -0.4 is 11.1 Å². The number of hydrogen-bond acceptors (Lipinski definition) is 3. The number of carbonyl (C=O) groups excluding carboxylic acids is 1. The highest BCUT2D eigenvalue weighted by Gasteiger charge is 2.30. The fraction of sp³-hybridized carbons (Fsp3) is 0.333. The maximum atomic E-state index is 13.4. The molecule has 1 atom stereocenters. The van der Waals surface area contributed by atoms with Crippen molar-refractivity contribution < 1.29 is 18.8 Å². The molecule has 1 amide bonds. The number of hydrogen-bond donors (Lipinski definition) is 3. The first-order valence-corrected chi connectivity index (χ1v) is 5.59. The zero-order valence-electron chi connectivity index (χ0n) is 10.6.